The van der Waals surface area contributed by atoms with Crippen molar-refractivity contribution in [3.05, 3.63) is 30.3 Å². The van der Waals surface area contributed by atoms with Crippen LogP contribution in [0.3, 0.4) is 0 Å². The summed E-state index contributed by atoms with van der Waals surface area (Å²) in [6.07, 6.45) is 2.39. The van der Waals surface area contributed by atoms with Crippen LogP contribution in [0, 0.1) is 0 Å². The minimum Gasteiger partial charge on any atom is -0.396 e. The summed E-state index contributed by atoms with van der Waals surface area (Å²) in [7, 11) is 0. The second-order valence-corrected chi connectivity index (χ2v) is 5.50. The summed E-state index contributed by atoms with van der Waals surface area (Å²) in [5.41, 5.74) is 1.20. The van der Waals surface area contributed by atoms with E-state index in [0.717, 1.165) is 25.9 Å². The Morgan fingerprint density at radius 1 is 1.43 bits per heavy atom. The molecule has 1 aromatic carbocycles. The number of hydrogen-bond donors (Lipinski definition) is 3. The Labute approximate surface area is 126 Å². The molecule has 1 aliphatic rings. The molecule has 0 bridgehead atoms. The number of benzene rings is 1. The fourth-order valence-corrected chi connectivity index (χ4v) is 2.70. The zero-order valence-corrected chi connectivity index (χ0v) is 12.6. The molecular formula is C16H25N3O2. The number of aliphatic hydroxyl groups excluding tert-OH is 1. The van der Waals surface area contributed by atoms with Gasteiger partial charge in [0.15, 0.2) is 0 Å². The van der Waals surface area contributed by atoms with Gasteiger partial charge in [0.1, 0.15) is 0 Å². The highest BCUT2D eigenvalue weighted by atomic mass is 16.3. The van der Waals surface area contributed by atoms with Gasteiger partial charge >= 0.3 is 6.03 Å². The molecule has 21 heavy (non-hydrogen) atoms. The van der Waals surface area contributed by atoms with Gasteiger partial charge in [0.05, 0.1) is 0 Å². The predicted octanol–water partition coefficient (Wildman–Crippen LogP) is 1.73. The molecule has 0 radical (unpaired) electrons. The lowest BCUT2D eigenvalue weighted by Crippen LogP contribution is -2.47. The Hall–Kier alpha value is -1.75. The summed E-state index contributed by atoms with van der Waals surface area (Å²) in [5.74, 6) is 0. The van der Waals surface area contributed by atoms with Gasteiger partial charge < -0.3 is 20.6 Å². The third-order valence-corrected chi connectivity index (χ3v) is 3.95. The van der Waals surface area contributed by atoms with Gasteiger partial charge in [0, 0.05) is 37.5 Å². The lowest BCUT2D eigenvalue weighted by molar-refractivity contribution is 0.225. The van der Waals surface area contributed by atoms with Gasteiger partial charge in [-0.05, 0) is 31.4 Å². The van der Waals surface area contributed by atoms with E-state index in [1.165, 1.54) is 5.69 Å². The van der Waals surface area contributed by atoms with E-state index in [1.54, 1.807) is 0 Å². The average molecular weight is 291 g/mol. The molecule has 1 saturated heterocycles. The van der Waals surface area contributed by atoms with Crippen molar-refractivity contribution in [1.82, 2.24) is 10.6 Å². The molecule has 0 spiro atoms. The summed E-state index contributed by atoms with van der Waals surface area (Å²) < 4.78 is 0. The van der Waals surface area contributed by atoms with Gasteiger partial charge in [-0.3, -0.25) is 0 Å². The maximum Gasteiger partial charge on any atom is 0.315 e. The first kappa shape index (κ1) is 15.6. The molecule has 3 N–H and O–H groups in total. The smallest absolute Gasteiger partial charge is 0.315 e. The Balaban J connectivity index is 1.78. The molecule has 5 heteroatoms. The third-order valence-electron chi connectivity index (χ3n) is 3.95. The maximum absolute atomic E-state index is 12.0. The van der Waals surface area contributed by atoms with E-state index in [2.05, 4.69) is 27.7 Å². The van der Waals surface area contributed by atoms with Gasteiger partial charge in [-0.1, -0.05) is 25.1 Å². The van der Waals surface area contributed by atoms with Crippen LogP contribution in [0.2, 0.25) is 0 Å². The molecule has 0 aromatic heterocycles. The second-order valence-electron chi connectivity index (χ2n) is 5.50. The van der Waals surface area contributed by atoms with Crippen LogP contribution in [0.4, 0.5) is 10.5 Å². The molecule has 1 aromatic rings. The number of amides is 2. The van der Waals surface area contributed by atoms with Crippen LogP contribution in [-0.4, -0.2) is 42.9 Å². The van der Waals surface area contributed by atoms with Crippen molar-refractivity contribution in [2.24, 2.45) is 0 Å². The van der Waals surface area contributed by atoms with Crippen molar-refractivity contribution in [1.29, 1.82) is 0 Å². The van der Waals surface area contributed by atoms with Crippen molar-refractivity contribution >= 4 is 11.7 Å². The first-order chi connectivity index (χ1) is 10.2. The van der Waals surface area contributed by atoms with Crippen molar-refractivity contribution in [2.75, 3.05) is 24.6 Å². The number of nitrogens with zero attached hydrogens (tertiary/aromatic N) is 1. The molecule has 116 valence electrons. The number of carbonyl (C=O) groups is 1. The van der Waals surface area contributed by atoms with Crippen molar-refractivity contribution in [2.45, 2.75) is 38.3 Å². The van der Waals surface area contributed by atoms with E-state index in [4.69, 9.17) is 5.11 Å². The van der Waals surface area contributed by atoms with Crippen LogP contribution in [0.5, 0.6) is 0 Å². The summed E-state index contributed by atoms with van der Waals surface area (Å²) in [6, 6.07) is 10.4. The number of anilines is 1. The Morgan fingerprint density at radius 3 is 2.86 bits per heavy atom. The SMILES string of the molecule is CCC(CCO)NC(=O)NC1CCN(c2ccccc2)C1. The van der Waals surface area contributed by atoms with E-state index >= 15 is 0 Å². The first-order valence-electron chi connectivity index (χ1n) is 7.70. The Bertz CT molecular complexity index is 438. The van der Waals surface area contributed by atoms with Crippen molar-refractivity contribution in [3.63, 3.8) is 0 Å². The standard InChI is InChI=1S/C16H25N3O2/c1-2-13(9-11-20)17-16(21)18-14-8-10-19(12-14)15-6-4-3-5-7-15/h3-7,13-14,20H,2,8-12H2,1H3,(H2,17,18,21). The molecule has 0 aliphatic carbocycles. The number of hydrogen-bond acceptors (Lipinski definition) is 3. The van der Waals surface area contributed by atoms with Gasteiger partial charge in [0.25, 0.3) is 0 Å². The quantitative estimate of drug-likeness (QED) is 0.748. The van der Waals surface area contributed by atoms with Crippen molar-refractivity contribution < 1.29 is 9.90 Å². The number of rotatable bonds is 6. The number of aliphatic hydroxyl groups is 1. The fourth-order valence-electron chi connectivity index (χ4n) is 2.70. The van der Waals surface area contributed by atoms with Crippen LogP contribution < -0.4 is 15.5 Å². The molecule has 1 heterocycles. The first-order valence-corrected chi connectivity index (χ1v) is 7.70. The van der Waals surface area contributed by atoms with E-state index in [-0.39, 0.29) is 24.7 Å². The molecule has 5 nitrogen and oxygen atoms in total. The zero-order chi connectivity index (χ0) is 15.1. The van der Waals surface area contributed by atoms with E-state index in [1.807, 2.05) is 25.1 Å². The highest BCUT2D eigenvalue weighted by Crippen LogP contribution is 2.19. The van der Waals surface area contributed by atoms with Crippen LogP contribution >= 0.6 is 0 Å². The molecule has 2 unspecified atom stereocenters. The summed E-state index contributed by atoms with van der Waals surface area (Å²) >= 11 is 0. The molecule has 0 saturated carbocycles. The second kappa shape index (κ2) is 7.88. The van der Waals surface area contributed by atoms with Crippen LogP contribution in [0.15, 0.2) is 30.3 Å². The van der Waals surface area contributed by atoms with Gasteiger partial charge in [-0.25, -0.2) is 4.79 Å². The molecule has 2 rings (SSSR count). The number of carbonyl (C=O) groups excluding carboxylic acids is 1. The van der Waals surface area contributed by atoms with Crippen LogP contribution in [0.1, 0.15) is 26.2 Å². The Morgan fingerprint density at radius 2 is 2.19 bits per heavy atom. The van der Waals surface area contributed by atoms with Gasteiger partial charge in [0.2, 0.25) is 0 Å². The molecule has 2 amide bonds. The minimum atomic E-state index is -0.129. The lowest BCUT2D eigenvalue weighted by Gasteiger charge is -2.20. The summed E-state index contributed by atoms with van der Waals surface area (Å²) in [4.78, 5) is 14.3. The summed E-state index contributed by atoms with van der Waals surface area (Å²) in [6.45, 7) is 3.91. The van der Waals surface area contributed by atoms with E-state index in [9.17, 15) is 4.79 Å². The Kier molecular flexibility index (Phi) is 5.87. The largest absolute Gasteiger partial charge is 0.396 e. The zero-order valence-electron chi connectivity index (χ0n) is 12.6. The normalized spacial score (nSPS) is 19.3. The predicted molar refractivity (Wildman–Crippen MR) is 84.5 cm³/mol. The molecule has 2 atom stereocenters. The molecular weight excluding hydrogens is 266 g/mol. The highest BCUT2D eigenvalue weighted by molar-refractivity contribution is 5.74. The van der Waals surface area contributed by atoms with E-state index in [0.29, 0.717) is 6.42 Å². The number of nitrogens with one attached hydrogen (secondary N) is 2. The van der Waals surface area contributed by atoms with E-state index < -0.39 is 0 Å². The third kappa shape index (κ3) is 4.63. The monoisotopic (exact) mass is 291 g/mol. The van der Waals surface area contributed by atoms with Crippen LogP contribution in [-0.2, 0) is 0 Å². The number of para-hydroxylation sites is 1. The maximum atomic E-state index is 12.0. The highest BCUT2D eigenvalue weighted by Gasteiger charge is 2.24. The topological polar surface area (TPSA) is 64.6 Å². The average Bonchev–Trinajstić information content (AvgIpc) is 2.96. The van der Waals surface area contributed by atoms with Crippen molar-refractivity contribution in [3.8, 4) is 0 Å². The minimum absolute atomic E-state index is 0.0432. The van der Waals surface area contributed by atoms with Gasteiger partial charge in [-0.2, -0.15) is 0 Å². The molecule has 1 aliphatic heterocycles. The van der Waals surface area contributed by atoms with Crippen LogP contribution in [0.25, 0.3) is 0 Å². The molecule has 1 fully saturated rings. The fraction of sp³-hybridized carbons (Fsp3) is 0.562. The summed E-state index contributed by atoms with van der Waals surface area (Å²) in [5, 5.41) is 14.9. The van der Waals surface area contributed by atoms with Gasteiger partial charge in [-0.15, -0.1) is 0 Å². The lowest BCUT2D eigenvalue weighted by atomic mass is 10.1. The number of urea groups is 1.